The summed E-state index contributed by atoms with van der Waals surface area (Å²) in [7, 11) is 0. The molecule has 6 heteroatoms. The molecule has 1 saturated carbocycles. The van der Waals surface area contributed by atoms with Crippen molar-refractivity contribution in [2.45, 2.75) is 51.5 Å². The molecule has 0 spiro atoms. The van der Waals surface area contributed by atoms with E-state index in [4.69, 9.17) is 4.98 Å². The van der Waals surface area contributed by atoms with Gasteiger partial charge in [-0.3, -0.25) is 4.79 Å². The fourth-order valence-corrected chi connectivity index (χ4v) is 4.28. The highest BCUT2D eigenvalue weighted by atomic mass is 16.2. The molecular weight excluding hydrogens is 362 g/mol. The fraction of sp³-hybridized carbons (Fsp3) is 0.522. The van der Waals surface area contributed by atoms with Crippen LogP contribution >= 0.6 is 0 Å². The Bertz CT molecular complexity index is 811. The van der Waals surface area contributed by atoms with E-state index in [1.165, 1.54) is 32.1 Å². The average Bonchev–Trinajstić information content (AvgIpc) is 2.75. The lowest BCUT2D eigenvalue weighted by Gasteiger charge is -2.35. The number of carbonyl (C=O) groups is 1. The lowest BCUT2D eigenvalue weighted by molar-refractivity contribution is -0.130. The molecule has 2 heterocycles. The molecule has 1 aliphatic heterocycles. The Hall–Kier alpha value is -2.63. The smallest absolute Gasteiger partial charge is 0.227 e. The first-order chi connectivity index (χ1) is 14.2. The molecular formula is C23H31N5O. The highest BCUT2D eigenvalue weighted by molar-refractivity contribution is 5.79. The van der Waals surface area contributed by atoms with Crippen LogP contribution in [0.3, 0.4) is 0 Å². The van der Waals surface area contributed by atoms with Crippen LogP contribution in [-0.2, 0) is 11.2 Å². The summed E-state index contributed by atoms with van der Waals surface area (Å²) in [5.41, 5.74) is 2.06. The van der Waals surface area contributed by atoms with Gasteiger partial charge in [0.05, 0.1) is 6.42 Å². The van der Waals surface area contributed by atoms with Crippen LogP contribution in [0.1, 0.15) is 43.4 Å². The maximum Gasteiger partial charge on any atom is 0.227 e. The van der Waals surface area contributed by atoms with E-state index in [0.29, 0.717) is 12.5 Å². The van der Waals surface area contributed by atoms with Gasteiger partial charge in [0.25, 0.3) is 0 Å². The van der Waals surface area contributed by atoms with Crippen molar-refractivity contribution in [2.75, 3.05) is 36.4 Å². The van der Waals surface area contributed by atoms with Crippen molar-refractivity contribution in [1.29, 1.82) is 0 Å². The van der Waals surface area contributed by atoms with Crippen LogP contribution in [0.2, 0.25) is 0 Å². The molecule has 0 bridgehead atoms. The third-order valence-corrected chi connectivity index (χ3v) is 5.93. The lowest BCUT2D eigenvalue weighted by atomic mass is 9.96. The van der Waals surface area contributed by atoms with E-state index in [0.717, 1.165) is 49.2 Å². The Morgan fingerprint density at radius 3 is 2.48 bits per heavy atom. The third kappa shape index (κ3) is 5.25. The van der Waals surface area contributed by atoms with Gasteiger partial charge >= 0.3 is 0 Å². The zero-order valence-corrected chi connectivity index (χ0v) is 17.3. The molecule has 0 unspecified atom stereocenters. The van der Waals surface area contributed by atoms with Crippen LogP contribution in [-0.4, -0.2) is 53.0 Å². The quantitative estimate of drug-likeness (QED) is 0.843. The van der Waals surface area contributed by atoms with Crippen molar-refractivity contribution in [3.05, 3.63) is 47.7 Å². The molecule has 4 rings (SSSR count). The number of anilines is 2. The number of piperazine rings is 1. The van der Waals surface area contributed by atoms with E-state index in [1.807, 2.05) is 48.2 Å². The van der Waals surface area contributed by atoms with Gasteiger partial charge in [-0.2, -0.15) is 4.98 Å². The molecule has 1 aromatic carbocycles. The van der Waals surface area contributed by atoms with Crippen LogP contribution in [0.15, 0.2) is 36.4 Å². The summed E-state index contributed by atoms with van der Waals surface area (Å²) in [6, 6.07) is 12.5. The summed E-state index contributed by atoms with van der Waals surface area (Å²) < 4.78 is 0. The van der Waals surface area contributed by atoms with Crippen LogP contribution in [0.4, 0.5) is 11.8 Å². The first kappa shape index (κ1) is 19.7. The SMILES string of the molecule is Cc1cc(N2CCN(C(=O)Cc3ccccc3)CC2)nc(NC2CCCCC2)n1. The molecule has 0 atom stereocenters. The van der Waals surface area contributed by atoms with Crippen molar-refractivity contribution in [3.63, 3.8) is 0 Å². The maximum atomic E-state index is 12.6. The largest absolute Gasteiger partial charge is 0.353 e. The van der Waals surface area contributed by atoms with E-state index in [-0.39, 0.29) is 5.91 Å². The highest BCUT2D eigenvalue weighted by Gasteiger charge is 2.23. The molecule has 2 fully saturated rings. The maximum absolute atomic E-state index is 12.6. The first-order valence-corrected chi connectivity index (χ1v) is 10.9. The van der Waals surface area contributed by atoms with Gasteiger partial charge in [0, 0.05) is 44.0 Å². The fourth-order valence-electron chi connectivity index (χ4n) is 4.28. The Balaban J connectivity index is 1.34. The number of carbonyl (C=O) groups excluding carboxylic acids is 1. The third-order valence-electron chi connectivity index (χ3n) is 5.93. The molecule has 29 heavy (non-hydrogen) atoms. The second-order valence-electron chi connectivity index (χ2n) is 8.20. The Kier molecular flexibility index (Phi) is 6.27. The zero-order valence-electron chi connectivity index (χ0n) is 17.3. The van der Waals surface area contributed by atoms with Gasteiger partial charge in [0.2, 0.25) is 11.9 Å². The second-order valence-corrected chi connectivity index (χ2v) is 8.20. The normalized spacial score (nSPS) is 18.0. The average molecular weight is 394 g/mol. The van der Waals surface area contributed by atoms with Crippen molar-refractivity contribution in [1.82, 2.24) is 14.9 Å². The topological polar surface area (TPSA) is 61.4 Å². The predicted molar refractivity (Wildman–Crippen MR) is 116 cm³/mol. The molecule has 154 valence electrons. The summed E-state index contributed by atoms with van der Waals surface area (Å²) in [5.74, 6) is 1.91. The second kappa shape index (κ2) is 9.25. The first-order valence-electron chi connectivity index (χ1n) is 10.9. The molecule has 2 aromatic rings. The van der Waals surface area contributed by atoms with Crippen molar-refractivity contribution in [3.8, 4) is 0 Å². The monoisotopic (exact) mass is 393 g/mol. The van der Waals surface area contributed by atoms with Crippen LogP contribution in [0, 0.1) is 6.92 Å². The van der Waals surface area contributed by atoms with E-state index < -0.39 is 0 Å². The van der Waals surface area contributed by atoms with Gasteiger partial charge in [-0.05, 0) is 25.3 Å². The Morgan fingerprint density at radius 2 is 1.76 bits per heavy atom. The summed E-state index contributed by atoms with van der Waals surface area (Å²) in [6.45, 7) is 5.11. The summed E-state index contributed by atoms with van der Waals surface area (Å²) in [5, 5.41) is 3.54. The predicted octanol–water partition coefficient (Wildman–Crippen LogP) is 3.42. The highest BCUT2D eigenvalue weighted by Crippen LogP contribution is 2.22. The number of hydrogen-bond acceptors (Lipinski definition) is 5. The number of amides is 1. The lowest BCUT2D eigenvalue weighted by Crippen LogP contribution is -2.49. The Labute approximate surface area is 173 Å². The van der Waals surface area contributed by atoms with Crippen LogP contribution in [0.25, 0.3) is 0 Å². The molecule has 1 amide bonds. The van der Waals surface area contributed by atoms with Crippen molar-refractivity contribution < 1.29 is 4.79 Å². The molecule has 1 saturated heterocycles. The number of benzene rings is 1. The molecule has 1 aromatic heterocycles. The number of rotatable bonds is 5. The van der Waals surface area contributed by atoms with E-state index >= 15 is 0 Å². The van der Waals surface area contributed by atoms with E-state index in [1.54, 1.807) is 0 Å². The van der Waals surface area contributed by atoms with Gasteiger partial charge in [-0.1, -0.05) is 49.6 Å². The number of nitrogens with one attached hydrogen (secondary N) is 1. The van der Waals surface area contributed by atoms with Crippen LogP contribution < -0.4 is 10.2 Å². The molecule has 0 radical (unpaired) electrons. The number of hydrogen-bond donors (Lipinski definition) is 1. The molecule has 2 aliphatic rings. The van der Waals surface area contributed by atoms with Gasteiger partial charge in [0.1, 0.15) is 5.82 Å². The molecule has 1 aliphatic carbocycles. The summed E-state index contributed by atoms with van der Waals surface area (Å²) >= 11 is 0. The minimum atomic E-state index is 0.203. The number of aryl methyl sites for hydroxylation is 1. The minimum Gasteiger partial charge on any atom is -0.353 e. The summed E-state index contributed by atoms with van der Waals surface area (Å²) in [4.78, 5) is 26.2. The van der Waals surface area contributed by atoms with Gasteiger partial charge in [-0.15, -0.1) is 0 Å². The minimum absolute atomic E-state index is 0.203. The number of nitrogens with zero attached hydrogens (tertiary/aromatic N) is 4. The van der Waals surface area contributed by atoms with Crippen molar-refractivity contribution >= 4 is 17.7 Å². The standard InChI is InChI=1S/C23H31N5O/c1-18-16-21(26-23(24-18)25-20-10-6-3-7-11-20)27-12-14-28(15-13-27)22(29)17-19-8-4-2-5-9-19/h2,4-5,8-9,16,20H,3,6-7,10-15,17H2,1H3,(H,24,25,26). The Morgan fingerprint density at radius 1 is 1.03 bits per heavy atom. The summed E-state index contributed by atoms with van der Waals surface area (Å²) in [6.07, 6.45) is 6.79. The molecule has 1 N–H and O–H groups in total. The number of aromatic nitrogens is 2. The van der Waals surface area contributed by atoms with E-state index in [9.17, 15) is 4.79 Å². The zero-order chi connectivity index (χ0) is 20.1. The molecule has 6 nitrogen and oxygen atoms in total. The van der Waals surface area contributed by atoms with Gasteiger partial charge < -0.3 is 15.1 Å². The van der Waals surface area contributed by atoms with Crippen LogP contribution in [0.5, 0.6) is 0 Å². The van der Waals surface area contributed by atoms with E-state index in [2.05, 4.69) is 15.2 Å². The van der Waals surface area contributed by atoms with Gasteiger partial charge in [-0.25, -0.2) is 4.98 Å². The van der Waals surface area contributed by atoms with Gasteiger partial charge in [0.15, 0.2) is 0 Å². The van der Waals surface area contributed by atoms with Crippen molar-refractivity contribution in [2.24, 2.45) is 0 Å².